The van der Waals surface area contributed by atoms with Crippen molar-refractivity contribution in [1.29, 1.82) is 0 Å². The summed E-state index contributed by atoms with van der Waals surface area (Å²) in [4.78, 5) is 14.0. The molecule has 2 aliphatic rings. The van der Waals surface area contributed by atoms with Gasteiger partial charge in [-0.1, -0.05) is 0 Å². The lowest BCUT2D eigenvalue weighted by atomic mass is 10.0. The molecule has 2 rings (SSSR count). The molecule has 0 radical (unpaired) electrons. The average Bonchev–Trinajstić information content (AvgIpc) is 2.91. The van der Waals surface area contributed by atoms with Gasteiger partial charge in [0.15, 0.2) is 9.84 Å². The predicted molar refractivity (Wildman–Crippen MR) is 71.2 cm³/mol. The Bertz CT molecular complexity index is 437. The van der Waals surface area contributed by atoms with Crippen LogP contribution in [0.1, 0.15) is 25.7 Å². The summed E-state index contributed by atoms with van der Waals surface area (Å²) in [6.07, 6.45) is 2.75. The topological polar surface area (TPSA) is 101 Å². The van der Waals surface area contributed by atoms with E-state index < -0.39 is 9.84 Å². The number of rotatable bonds is 4. The van der Waals surface area contributed by atoms with E-state index in [0.29, 0.717) is 12.8 Å². The van der Waals surface area contributed by atoms with Crippen LogP contribution < -0.4 is 5.73 Å². The van der Waals surface area contributed by atoms with Crippen LogP contribution in [0.3, 0.4) is 0 Å². The Morgan fingerprint density at radius 3 is 2.53 bits per heavy atom. The molecule has 7 heteroatoms. The maximum Gasteiger partial charge on any atom is 0.226 e. The van der Waals surface area contributed by atoms with Gasteiger partial charge < -0.3 is 15.7 Å². The van der Waals surface area contributed by atoms with Crippen molar-refractivity contribution in [2.24, 2.45) is 11.7 Å². The highest BCUT2D eigenvalue weighted by atomic mass is 32.2. The molecule has 1 aliphatic heterocycles. The first-order chi connectivity index (χ1) is 8.93. The summed E-state index contributed by atoms with van der Waals surface area (Å²) in [6, 6.07) is -0.210. The summed E-state index contributed by atoms with van der Waals surface area (Å²) in [5.74, 6) is 0.0168. The number of aliphatic hydroxyl groups is 1. The SMILES string of the molecule is NC1CCC(C(=O)N(CCO)C2CCS(=O)(=O)C2)C1. The molecule has 1 saturated heterocycles. The molecule has 6 nitrogen and oxygen atoms in total. The third-order valence-electron chi connectivity index (χ3n) is 4.10. The molecule has 0 aromatic carbocycles. The van der Waals surface area contributed by atoms with Gasteiger partial charge in [0.1, 0.15) is 0 Å². The van der Waals surface area contributed by atoms with Crippen molar-refractivity contribution in [3.63, 3.8) is 0 Å². The van der Waals surface area contributed by atoms with E-state index in [2.05, 4.69) is 0 Å². The van der Waals surface area contributed by atoms with Gasteiger partial charge in [-0.05, 0) is 25.7 Å². The minimum atomic E-state index is -3.03. The highest BCUT2D eigenvalue weighted by Gasteiger charge is 2.38. The van der Waals surface area contributed by atoms with E-state index >= 15 is 0 Å². The molecule has 0 spiro atoms. The number of carbonyl (C=O) groups excluding carboxylic acids is 1. The lowest BCUT2D eigenvalue weighted by Gasteiger charge is -2.30. The monoisotopic (exact) mass is 290 g/mol. The molecular weight excluding hydrogens is 268 g/mol. The van der Waals surface area contributed by atoms with E-state index in [1.54, 1.807) is 4.90 Å². The van der Waals surface area contributed by atoms with Crippen LogP contribution in [0.15, 0.2) is 0 Å². The van der Waals surface area contributed by atoms with E-state index in [1.165, 1.54) is 0 Å². The zero-order valence-electron chi connectivity index (χ0n) is 11.0. The molecule has 1 aliphatic carbocycles. The first kappa shape index (κ1) is 14.7. The highest BCUT2D eigenvalue weighted by molar-refractivity contribution is 7.91. The standard InChI is InChI=1S/C12H22N2O4S/c13-10-2-1-9(7-10)12(16)14(4-5-15)11-3-6-19(17,18)8-11/h9-11,15H,1-8,13H2. The van der Waals surface area contributed by atoms with Gasteiger partial charge in [0.2, 0.25) is 5.91 Å². The summed E-state index contributed by atoms with van der Waals surface area (Å²) in [5.41, 5.74) is 5.82. The number of hydrogen-bond donors (Lipinski definition) is 2. The van der Waals surface area contributed by atoms with Crippen molar-refractivity contribution >= 4 is 15.7 Å². The van der Waals surface area contributed by atoms with E-state index in [0.717, 1.165) is 12.8 Å². The molecule has 3 atom stereocenters. The summed E-state index contributed by atoms with van der Waals surface area (Å²) in [7, 11) is -3.03. The summed E-state index contributed by atoms with van der Waals surface area (Å²) in [6.45, 7) is 0.0752. The van der Waals surface area contributed by atoms with Gasteiger partial charge in [0.25, 0.3) is 0 Å². The van der Waals surface area contributed by atoms with Crippen LogP contribution in [0.4, 0.5) is 0 Å². The second-order valence-corrected chi connectivity index (χ2v) is 7.81. The maximum atomic E-state index is 12.4. The number of sulfone groups is 1. The van der Waals surface area contributed by atoms with Gasteiger partial charge in [-0.15, -0.1) is 0 Å². The van der Waals surface area contributed by atoms with Crippen LogP contribution in [0, 0.1) is 5.92 Å². The van der Waals surface area contributed by atoms with Crippen molar-refractivity contribution in [1.82, 2.24) is 4.90 Å². The Morgan fingerprint density at radius 2 is 2.05 bits per heavy atom. The van der Waals surface area contributed by atoms with Gasteiger partial charge >= 0.3 is 0 Å². The van der Waals surface area contributed by atoms with Crippen LogP contribution in [-0.2, 0) is 14.6 Å². The molecule has 2 fully saturated rings. The number of nitrogens with zero attached hydrogens (tertiary/aromatic N) is 1. The third kappa shape index (κ3) is 3.46. The Hall–Kier alpha value is -0.660. The number of amides is 1. The van der Waals surface area contributed by atoms with Crippen molar-refractivity contribution in [3.05, 3.63) is 0 Å². The molecule has 1 amide bonds. The second-order valence-electron chi connectivity index (χ2n) is 5.58. The first-order valence-corrected chi connectivity index (χ1v) is 8.62. The highest BCUT2D eigenvalue weighted by Crippen LogP contribution is 2.28. The Kier molecular flexibility index (Phi) is 4.47. The van der Waals surface area contributed by atoms with Crippen LogP contribution >= 0.6 is 0 Å². The lowest BCUT2D eigenvalue weighted by molar-refractivity contribution is -0.137. The lowest BCUT2D eigenvalue weighted by Crippen LogP contribution is -2.45. The van der Waals surface area contributed by atoms with E-state index in [4.69, 9.17) is 10.8 Å². The maximum absolute atomic E-state index is 12.4. The number of carbonyl (C=O) groups is 1. The minimum absolute atomic E-state index is 0.0253. The number of aliphatic hydroxyl groups excluding tert-OH is 1. The molecule has 1 saturated carbocycles. The van der Waals surface area contributed by atoms with Crippen molar-refractivity contribution in [3.8, 4) is 0 Å². The van der Waals surface area contributed by atoms with Crippen LogP contribution in [-0.4, -0.2) is 61.1 Å². The molecule has 19 heavy (non-hydrogen) atoms. The molecule has 0 aromatic rings. The van der Waals surface area contributed by atoms with E-state index in [-0.39, 0.29) is 48.6 Å². The number of hydrogen-bond acceptors (Lipinski definition) is 5. The quantitative estimate of drug-likeness (QED) is 0.700. The Morgan fingerprint density at radius 1 is 1.32 bits per heavy atom. The van der Waals surface area contributed by atoms with Crippen LogP contribution in [0.2, 0.25) is 0 Å². The molecule has 1 heterocycles. The van der Waals surface area contributed by atoms with Gasteiger partial charge in [0, 0.05) is 24.5 Å². The third-order valence-corrected chi connectivity index (χ3v) is 5.85. The zero-order chi connectivity index (χ0) is 14.0. The molecular formula is C12H22N2O4S. The molecule has 110 valence electrons. The smallest absolute Gasteiger partial charge is 0.226 e. The Balaban J connectivity index is 2.05. The fourth-order valence-electron chi connectivity index (χ4n) is 3.08. The van der Waals surface area contributed by atoms with Gasteiger partial charge in [-0.25, -0.2) is 8.42 Å². The molecule has 0 bridgehead atoms. The minimum Gasteiger partial charge on any atom is -0.395 e. The van der Waals surface area contributed by atoms with E-state index in [9.17, 15) is 13.2 Å². The largest absolute Gasteiger partial charge is 0.395 e. The van der Waals surface area contributed by atoms with Gasteiger partial charge in [-0.3, -0.25) is 4.79 Å². The van der Waals surface area contributed by atoms with Gasteiger partial charge in [-0.2, -0.15) is 0 Å². The predicted octanol–water partition coefficient (Wildman–Crippen LogP) is -0.878. The summed E-state index contributed by atoms with van der Waals surface area (Å²) >= 11 is 0. The molecule has 3 N–H and O–H groups in total. The average molecular weight is 290 g/mol. The first-order valence-electron chi connectivity index (χ1n) is 6.80. The summed E-state index contributed by atoms with van der Waals surface area (Å²) in [5, 5.41) is 9.10. The van der Waals surface area contributed by atoms with Crippen LogP contribution in [0.25, 0.3) is 0 Å². The summed E-state index contributed by atoms with van der Waals surface area (Å²) < 4.78 is 23.1. The fraction of sp³-hybridized carbons (Fsp3) is 0.917. The van der Waals surface area contributed by atoms with Crippen molar-refractivity contribution in [2.45, 2.75) is 37.8 Å². The Labute approximate surface area is 113 Å². The fourth-order valence-corrected chi connectivity index (χ4v) is 4.81. The second kappa shape index (κ2) is 5.76. The van der Waals surface area contributed by atoms with Crippen molar-refractivity contribution in [2.75, 3.05) is 24.7 Å². The zero-order valence-corrected chi connectivity index (χ0v) is 11.8. The van der Waals surface area contributed by atoms with Gasteiger partial charge in [0.05, 0.1) is 18.1 Å². The van der Waals surface area contributed by atoms with Crippen molar-refractivity contribution < 1.29 is 18.3 Å². The molecule has 3 unspecified atom stereocenters. The van der Waals surface area contributed by atoms with E-state index in [1.807, 2.05) is 0 Å². The normalized spacial score (nSPS) is 33.5. The number of nitrogens with two attached hydrogens (primary N) is 1. The molecule has 0 aromatic heterocycles. The van der Waals surface area contributed by atoms with Crippen LogP contribution in [0.5, 0.6) is 0 Å².